The van der Waals surface area contributed by atoms with Crippen molar-refractivity contribution in [2.45, 2.75) is 18.6 Å². The molecular weight excluding hydrogens is 310 g/mol. The highest BCUT2D eigenvalue weighted by molar-refractivity contribution is 8.14. The summed E-state index contributed by atoms with van der Waals surface area (Å²) in [6.07, 6.45) is 0.397. The summed E-state index contributed by atoms with van der Waals surface area (Å²) in [5, 5.41) is 0.0736. The predicted octanol–water partition coefficient (Wildman–Crippen LogP) is 3.86. The summed E-state index contributed by atoms with van der Waals surface area (Å²) in [7, 11) is 0. The number of amides is 1. The van der Waals surface area contributed by atoms with Gasteiger partial charge in [-0.1, -0.05) is 36.0 Å². The zero-order valence-electron chi connectivity index (χ0n) is 12.8. The quantitative estimate of drug-likeness (QED) is 0.855. The van der Waals surface area contributed by atoms with Crippen LogP contribution in [-0.2, 0) is 9.59 Å². The molecule has 2 aromatic rings. The number of anilines is 1. The highest BCUT2D eigenvalue weighted by Gasteiger charge is 2.32. The van der Waals surface area contributed by atoms with E-state index in [9.17, 15) is 9.59 Å². The predicted molar refractivity (Wildman–Crippen MR) is 92.0 cm³/mol. The highest BCUT2D eigenvalue weighted by atomic mass is 32.2. The van der Waals surface area contributed by atoms with Crippen molar-refractivity contribution in [3.8, 4) is 11.5 Å². The average molecular weight is 327 g/mol. The molecule has 5 heteroatoms. The molecule has 2 aromatic carbocycles. The van der Waals surface area contributed by atoms with E-state index in [1.165, 1.54) is 18.7 Å². The Morgan fingerprint density at radius 3 is 2.61 bits per heavy atom. The minimum absolute atomic E-state index is 0.0266. The van der Waals surface area contributed by atoms with Crippen molar-refractivity contribution in [1.82, 2.24) is 0 Å². The van der Waals surface area contributed by atoms with Crippen molar-refractivity contribution in [3.63, 3.8) is 0 Å². The average Bonchev–Trinajstić information content (AvgIpc) is 2.88. The smallest absolute Gasteiger partial charge is 0.228 e. The molecule has 23 heavy (non-hydrogen) atoms. The molecule has 0 spiro atoms. The number of hydrogen-bond donors (Lipinski definition) is 0. The first-order valence-corrected chi connectivity index (χ1v) is 8.30. The molecule has 4 nitrogen and oxygen atoms in total. The van der Waals surface area contributed by atoms with Gasteiger partial charge in [-0.3, -0.25) is 9.59 Å². The fourth-order valence-electron chi connectivity index (χ4n) is 2.58. The topological polar surface area (TPSA) is 46.6 Å². The van der Waals surface area contributed by atoms with Crippen LogP contribution in [0.3, 0.4) is 0 Å². The molecule has 1 unspecified atom stereocenters. The summed E-state index contributed by atoms with van der Waals surface area (Å²) >= 11 is 1.24. The lowest BCUT2D eigenvalue weighted by atomic mass is 10.2. The van der Waals surface area contributed by atoms with Crippen molar-refractivity contribution in [2.75, 3.05) is 11.4 Å². The van der Waals surface area contributed by atoms with Crippen molar-refractivity contribution >= 4 is 28.5 Å². The normalized spacial score (nSPS) is 17.3. The summed E-state index contributed by atoms with van der Waals surface area (Å²) in [5.41, 5.74) is 0.801. The molecular formula is C18H17NO3S. The number of para-hydroxylation sites is 1. The Morgan fingerprint density at radius 2 is 1.87 bits per heavy atom. The molecule has 118 valence electrons. The van der Waals surface area contributed by atoms with Crippen LogP contribution in [0.1, 0.15) is 13.3 Å². The van der Waals surface area contributed by atoms with Gasteiger partial charge in [0.05, 0.1) is 0 Å². The van der Waals surface area contributed by atoms with E-state index in [2.05, 4.69) is 0 Å². The minimum Gasteiger partial charge on any atom is -0.457 e. The van der Waals surface area contributed by atoms with Gasteiger partial charge in [0.15, 0.2) is 5.12 Å². The highest BCUT2D eigenvalue weighted by Crippen LogP contribution is 2.31. The third-order valence-electron chi connectivity index (χ3n) is 3.53. The van der Waals surface area contributed by atoms with Crippen LogP contribution < -0.4 is 9.64 Å². The van der Waals surface area contributed by atoms with Gasteiger partial charge >= 0.3 is 0 Å². The van der Waals surface area contributed by atoms with E-state index in [0.29, 0.717) is 18.7 Å². The van der Waals surface area contributed by atoms with Gasteiger partial charge in [-0.25, -0.2) is 0 Å². The summed E-state index contributed by atoms with van der Waals surface area (Å²) in [4.78, 5) is 25.1. The summed E-state index contributed by atoms with van der Waals surface area (Å²) in [6, 6.07) is 17.0. The molecule has 0 aromatic heterocycles. The monoisotopic (exact) mass is 327 g/mol. The number of nitrogens with zero attached hydrogens (tertiary/aromatic N) is 1. The number of hydrogen-bond acceptors (Lipinski definition) is 4. The number of carbonyl (C=O) groups is 2. The fraction of sp³-hybridized carbons (Fsp3) is 0.222. The third kappa shape index (κ3) is 3.93. The number of carbonyl (C=O) groups excluding carboxylic acids is 2. The molecule has 1 aliphatic heterocycles. The van der Waals surface area contributed by atoms with Crippen LogP contribution in [0.25, 0.3) is 0 Å². The zero-order valence-corrected chi connectivity index (χ0v) is 13.6. The van der Waals surface area contributed by atoms with Gasteiger partial charge in [0.2, 0.25) is 5.91 Å². The molecule has 0 radical (unpaired) electrons. The van der Waals surface area contributed by atoms with E-state index in [1.54, 1.807) is 4.90 Å². The van der Waals surface area contributed by atoms with Gasteiger partial charge < -0.3 is 9.64 Å². The van der Waals surface area contributed by atoms with Crippen molar-refractivity contribution in [1.29, 1.82) is 0 Å². The van der Waals surface area contributed by atoms with Gasteiger partial charge in [0.1, 0.15) is 11.5 Å². The van der Waals surface area contributed by atoms with E-state index >= 15 is 0 Å². The van der Waals surface area contributed by atoms with E-state index in [0.717, 1.165) is 11.4 Å². The van der Waals surface area contributed by atoms with E-state index in [1.807, 2.05) is 54.6 Å². The van der Waals surface area contributed by atoms with Gasteiger partial charge in [0, 0.05) is 36.9 Å². The minimum atomic E-state index is 0.0266. The second-order valence-corrected chi connectivity index (χ2v) is 6.83. The number of rotatable bonds is 4. The molecule has 3 rings (SSSR count). The van der Waals surface area contributed by atoms with Crippen LogP contribution in [0.15, 0.2) is 54.6 Å². The van der Waals surface area contributed by atoms with Gasteiger partial charge in [-0.15, -0.1) is 0 Å². The maximum absolute atomic E-state index is 12.2. The molecule has 1 atom stereocenters. The molecule has 0 saturated carbocycles. The van der Waals surface area contributed by atoms with Crippen LogP contribution in [0.2, 0.25) is 0 Å². The molecule has 0 bridgehead atoms. The number of thioether (sulfide) groups is 1. The van der Waals surface area contributed by atoms with Gasteiger partial charge in [-0.2, -0.15) is 0 Å². The molecule has 0 aliphatic carbocycles. The largest absolute Gasteiger partial charge is 0.457 e. The van der Waals surface area contributed by atoms with Crippen LogP contribution in [0.4, 0.5) is 5.69 Å². The second-order valence-electron chi connectivity index (χ2n) is 5.35. The third-order valence-corrected chi connectivity index (χ3v) is 4.51. The molecule has 1 amide bonds. The van der Waals surface area contributed by atoms with Crippen LogP contribution in [0.5, 0.6) is 11.5 Å². The van der Waals surface area contributed by atoms with Crippen LogP contribution in [-0.4, -0.2) is 22.8 Å². The molecule has 1 aliphatic rings. The van der Waals surface area contributed by atoms with E-state index in [4.69, 9.17) is 4.74 Å². The maximum atomic E-state index is 12.2. The first-order chi connectivity index (χ1) is 11.1. The first-order valence-electron chi connectivity index (χ1n) is 7.42. The second kappa shape index (κ2) is 6.87. The Kier molecular flexibility index (Phi) is 4.67. The summed E-state index contributed by atoms with van der Waals surface area (Å²) in [5.74, 6) is 1.48. The number of benzene rings is 2. The van der Waals surface area contributed by atoms with Crippen LogP contribution >= 0.6 is 11.8 Å². The lowest BCUT2D eigenvalue weighted by Gasteiger charge is -2.17. The Morgan fingerprint density at radius 1 is 1.13 bits per heavy atom. The zero-order chi connectivity index (χ0) is 16.2. The van der Waals surface area contributed by atoms with Crippen molar-refractivity contribution < 1.29 is 14.3 Å². The molecule has 0 N–H and O–H groups in total. The van der Waals surface area contributed by atoms with Crippen molar-refractivity contribution in [3.05, 3.63) is 54.6 Å². The standard InChI is InChI=1S/C18H17NO3S/c1-13(20)23-17-11-18(21)19(12-17)14-6-5-9-16(10-14)22-15-7-3-2-4-8-15/h2-10,17H,11-12H2,1H3. The first kappa shape index (κ1) is 15.6. The Balaban J connectivity index is 1.75. The Bertz CT molecular complexity index is 717. The fourth-order valence-corrected chi connectivity index (χ4v) is 3.50. The maximum Gasteiger partial charge on any atom is 0.228 e. The Labute approximate surface area is 139 Å². The molecule has 1 saturated heterocycles. The van der Waals surface area contributed by atoms with Crippen molar-refractivity contribution in [2.24, 2.45) is 0 Å². The molecule has 1 heterocycles. The van der Waals surface area contributed by atoms with E-state index < -0.39 is 0 Å². The van der Waals surface area contributed by atoms with E-state index in [-0.39, 0.29) is 16.3 Å². The lowest BCUT2D eigenvalue weighted by molar-refractivity contribution is -0.117. The Hall–Kier alpha value is -2.27. The number of ether oxygens (including phenoxy) is 1. The lowest BCUT2D eigenvalue weighted by Crippen LogP contribution is -2.24. The summed E-state index contributed by atoms with van der Waals surface area (Å²) < 4.78 is 5.81. The SMILES string of the molecule is CC(=O)SC1CC(=O)N(c2cccc(Oc3ccccc3)c2)C1. The summed E-state index contributed by atoms with van der Waals surface area (Å²) in [6.45, 7) is 2.09. The van der Waals surface area contributed by atoms with Crippen LogP contribution in [0, 0.1) is 0 Å². The van der Waals surface area contributed by atoms with Gasteiger partial charge in [0.25, 0.3) is 0 Å². The van der Waals surface area contributed by atoms with Gasteiger partial charge in [-0.05, 0) is 24.3 Å². The molecule has 1 fully saturated rings.